The van der Waals surface area contributed by atoms with Gasteiger partial charge in [-0.05, 0) is 48.4 Å². The van der Waals surface area contributed by atoms with Crippen molar-refractivity contribution in [3.8, 4) is 11.8 Å². The van der Waals surface area contributed by atoms with Crippen LogP contribution in [0, 0.1) is 21.4 Å². The second-order valence-electron chi connectivity index (χ2n) is 5.18. The van der Waals surface area contributed by atoms with Crippen LogP contribution in [0.1, 0.15) is 18.1 Å². The fraction of sp³-hybridized carbons (Fsp3) is 0.158. The zero-order chi connectivity index (χ0) is 18.9. The summed E-state index contributed by atoms with van der Waals surface area (Å²) in [5, 5.41) is 19.7. The molecule has 0 spiro atoms. The number of rotatable bonds is 7. The number of hydrogen-bond acceptors (Lipinski definition) is 6. The molecule has 0 heterocycles. The van der Waals surface area contributed by atoms with E-state index in [-0.39, 0.29) is 24.5 Å². The van der Waals surface area contributed by atoms with Crippen molar-refractivity contribution in [2.75, 3.05) is 6.61 Å². The van der Waals surface area contributed by atoms with Crippen LogP contribution in [-0.2, 0) is 16.1 Å². The summed E-state index contributed by atoms with van der Waals surface area (Å²) in [7, 11) is 0. The average molecular weight is 352 g/mol. The maximum Gasteiger partial charge on any atom is 0.348 e. The highest BCUT2D eigenvalue weighted by molar-refractivity contribution is 5.97. The fourth-order valence-corrected chi connectivity index (χ4v) is 2.09. The largest absolute Gasteiger partial charge is 0.489 e. The molecule has 26 heavy (non-hydrogen) atoms. The van der Waals surface area contributed by atoms with Gasteiger partial charge < -0.3 is 9.47 Å². The summed E-state index contributed by atoms with van der Waals surface area (Å²) in [5.74, 6) is -0.134. The minimum Gasteiger partial charge on any atom is -0.489 e. The predicted octanol–water partition coefficient (Wildman–Crippen LogP) is 3.64. The first-order valence-corrected chi connectivity index (χ1v) is 7.78. The Morgan fingerprint density at radius 1 is 1.27 bits per heavy atom. The number of esters is 1. The number of carbonyl (C=O) groups excluding carboxylic acids is 1. The van der Waals surface area contributed by atoms with Crippen molar-refractivity contribution in [1.29, 1.82) is 5.26 Å². The molecule has 2 rings (SSSR count). The van der Waals surface area contributed by atoms with E-state index in [1.54, 1.807) is 43.3 Å². The van der Waals surface area contributed by atoms with Crippen molar-refractivity contribution >= 4 is 17.7 Å². The monoisotopic (exact) mass is 352 g/mol. The van der Waals surface area contributed by atoms with Crippen molar-refractivity contribution in [3.05, 3.63) is 75.3 Å². The number of nitriles is 1. The van der Waals surface area contributed by atoms with Crippen LogP contribution < -0.4 is 4.74 Å². The van der Waals surface area contributed by atoms with Gasteiger partial charge in [-0.1, -0.05) is 12.1 Å². The molecule has 0 fully saturated rings. The number of nitro benzene ring substituents is 1. The van der Waals surface area contributed by atoms with E-state index in [0.717, 1.165) is 5.56 Å². The molecule has 0 N–H and O–H groups in total. The normalized spacial score (nSPS) is 10.7. The van der Waals surface area contributed by atoms with Gasteiger partial charge in [0.05, 0.1) is 11.5 Å². The minimum absolute atomic E-state index is 0.0175. The lowest BCUT2D eigenvalue weighted by Crippen LogP contribution is -2.06. The van der Waals surface area contributed by atoms with E-state index in [0.29, 0.717) is 11.3 Å². The lowest BCUT2D eigenvalue weighted by molar-refractivity contribution is -0.384. The zero-order valence-electron chi connectivity index (χ0n) is 14.0. The summed E-state index contributed by atoms with van der Waals surface area (Å²) in [5.41, 5.74) is 1.32. The van der Waals surface area contributed by atoms with Crippen LogP contribution in [0.5, 0.6) is 5.75 Å². The Labute approximate surface area is 150 Å². The Balaban J connectivity index is 2.08. The smallest absolute Gasteiger partial charge is 0.348 e. The van der Waals surface area contributed by atoms with Crippen molar-refractivity contribution in [2.45, 2.75) is 13.5 Å². The molecule has 0 saturated heterocycles. The molecule has 7 heteroatoms. The van der Waals surface area contributed by atoms with Crippen LogP contribution in [0.2, 0.25) is 0 Å². The highest BCUT2D eigenvalue weighted by Crippen LogP contribution is 2.19. The Bertz CT molecular complexity index is 866. The highest BCUT2D eigenvalue weighted by atomic mass is 16.6. The molecule has 0 radical (unpaired) electrons. The molecule has 0 aliphatic rings. The van der Waals surface area contributed by atoms with Crippen LogP contribution in [-0.4, -0.2) is 17.5 Å². The average Bonchev–Trinajstić information content (AvgIpc) is 2.65. The number of non-ortho nitro benzene ring substituents is 1. The second kappa shape index (κ2) is 8.99. The molecule has 0 amide bonds. The molecule has 0 saturated carbocycles. The van der Waals surface area contributed by atoms with Gasteiger partial charge in [-0.2, -0.15) is 5.26 Å². The quantitative estimate of drug-likeness (QED) is 0.248. The van der Waals surface area contributed by atoms with Crippen LogP contribution in [0.15, 0.2) is 54.1 Å². The van der Waals surface area contributed by atoms with Crippen molar-refractivity contribution in [1.82, 2.24) is 0 Å². The van der Waals surface area contributed by atoms with Gasteiger partial charge in [0, 0.05) is 12.1 Å². The Morgan fingerprint density at radius 3 is 2.62 bits per heavy atom. The Morgan fingerprint density at radius 2 is 2.00 bits per heavy atom. The third-order valence-electron chi connectivity index (χ3n) is 3.34. The summed E-state index contributed by atoms with van der Waals surface area (Å²) < 4.78 is 10.5. The lowest BCUT2D eigenvalue weighted by Gasteiger charge is -2.07. The van der Waals surface area contributed by atoms with E-state index in [1.807, 2.05) is 6.07 Å². The first kappa shape index (κ1) is 18.7. The molecule has 0 atom stereocenters. The maximum absolute atomic E-state index is 11.7. The van der Waals surface area contributed by atoms with Crippen LogP contribution in [0.25, 0.3) is 6.08 Å². The third-order valence-corrected chi connectivity index (χ3v) is 3.34. The fourth-order valence-electron chi connectivity index (χ4n) is 2.09. The van der Waals surface area contributed by atoms with Gasteiger partial charge in [0.25, 0.3) is 5.69 Å². The van der Waals surface area contributed by atoms with Crippen molar-refractivity contribution < 1.29 is 19.2 Å². The number of nitro groups is 1. The predicted molar refractivity (Wildman–Crippen MR) is 94.1 cm³/mol. The summed E-state index contributed by atoms with van der Waals surface area (Å²) in [6.07, 6.45) is 1.43. The van der Waals surface area contributed by atoms with Gasteiger partial charge in [-0.15, -0.1) is 0 Å². The maximum atomic E-state index is 11.7. The number of nitrogens with zero attached hydrogens (tertiary/aromatic N) is 2. The first-order valence-electron chi connectivity index (χ1n) is 7.78. The van der Waals surface area contributed by atoms with E-state index in [1.165, 1.54) is 18.2 Å². The van der Waals surface area contributed by atoms with Crippen LogP contribution in [0.3, 0.4) is 0 Å². The highest BCUT2D eigenvalue weighted by Gasteiger charge is 2.10. The van der Waals surface area contributed by atoms with E-state index in [4.69, 9.17) is 14.7 Å². The molecular weight excluding hydrogens is 336 g/mol. The molecule has 0 aliphatic heterocycles. The van der Waals surface area contributed by atoms with Gasteiger partial charge in [-0.25, -0.2) is 4.79 Å². The molecule has 132 valence electrons. The van der Waals surface area contributed by atoms with Gasteiger partial charge in [-0.3, -0.25) is 10.1 Å². The second-order valence-corrected chi connectivity index (χ2v) is 5.18. The zero-order valence-corrected chi connectivity index (χ0v) is 14.0. The van der Waals surface area contributed by atoms with Gasteiger partial charge >= 0.3 is 5.97 Å². The molecule has 0 unspecified atom stereocenters. The van der Waals surface area contributed by atoms with E-state index < -0.39 is 10.9 Å². The van der Waals surface area contributed by atoms with Gasteiger partial charge in [0.1, 0.15) is 24.0 Å². The van der Waals surface area contributed by atoms with Gasteiger partial charge in [0.15, 0.2) is 0 Å². The molecular formula is C19H16N2O5. The molecule has 0 aromatic heterocycles. The Hall–Kier alpha value is -3.66. The lowest BCUT2D eigenvalue weighted by atomic mass is 10.1. The van der Waals surface area contributed by atoms with Crippen molar-refractivity contribution in [2.24, 2.45) is 0 Å². The Kier molecular flexibility index (Phi) is 6.46. The topological polar surface area (TPSA) is 102 Å². The van der Waals surface area contributed by atoms with Crippen LogP contribution in [0.4, 0.5) is 5.69 Å². The van der Waals surface area contributed by atoms with Crippen molar-refractivity contribution in [3.63, 3.8) is 0 Å². The number of hydrogen-bond donors (Lipinski definition) is 0. The van der Waals surface area contributed by atoms with E-state index in [9.17, 15) is 14.9 Å². The standard InChI is InChI=1S/C19H16N2O5/c1-2-25-19(22)16(12-20)10-15-4-3-5-18(11-15)26-13-14-6-8-17(9-7-14)21(23)24/h3-11H,2,13H2,1H3/b16-10+. The van der Waals surface area contributed by atoms with E-state index in [2.05, 4.69) is 0 Å². The van der Waals surface area contributed by atoms with E-state index >= 15 is 0 Å². The number of carbonyl (C=O) groups is 1. The molecule has 2 aromatic rings. The minimum atomic E-state index is -0.674. The third kappa shape index (κ3) is 5.18. The SMILES string of the molecule is CCOC(=O)/C(C#N)=C/c1cccc(OCc2ccc([N+](=O)[O-])cc2)c1. The summed E-state index contributed by atoms with van der Waals surface area (Å²) in [6, 6.07) is 14.8. The molecule has 0 bridgehead atoms. The first-order chi connectivity index (χ1) is 12.5. The van der Waals surface area contributed by atoms with Crippen LogP contribution >= 0.6 is 0 Å². The molecule has 2 aromatic carbocycles. The van der Waals surface area contributed by atoms with Gasteiger partial charge in [0.2, 0.25) is 0 Å². The summed E-state index contributed by atoms with van der Waals surface area (Å²) in [4.78, 5) is 21.8. The molecule has 0 aliphatic carbocycles. The summed E-state index contributed by atoms with van der Waals surface area (Å²) in [6.45, 7) is 2.09. The molecule has 7 nitrogen and oxygen atoms in total. The summed E-state index contributed by atoms with van der Waals surface area (Å²) >= 11 is 0. The number of benzene rings is 2. The number of ether oxygens (including phenoxy) is 2.